The summed E-state index contributed by atoms with van der Waals surface area (Å²) in [6.45, 7) is 6.89. The second-order valence-electron chi connectivity index (χ2n) is 4.34. The molecule has 1 aliphatic rings. The first-order valence-corrected chi connectivity index (χ1v) is 6.26. The number of rotatable bonds is 3. The second-order valence-corrected chi connectivity index (χ2v) is 4.34. The van der Waals surface area contributed by atoms with Crippen LogP contribution in [0.3, 0.4) is 0 Å². The lowest BCUT2D eigenvalue weighted by Crippen LogP contribution is -2.32. The molecule has 0 aromatic carbocycles. The topological polar surface area (TPSA) is 28.2 Å². The fourth-order valence-electron chi connectivity index (χ4n) is 2.47. The van der Waals surface area contributed by atoms with E-state index in [-0.39, 0.29) is 0 Å². The molecule has 0 spiro atoms. The standard InChI is InChI=1S/C13H21N3/c1-2-13(12-4-7-15-8-5-12)16-10-3-6-14-9-11-16/h4-5,7-8,13-14H,2-3,6,9-11H2,1H3. The fourth-order valence-corrected chi connectivity index (χ4v) is 2.47. The van der Waals surface area contributed by atoms with Crippen molar-refractivity contribution in [2.75, 3.05) is 26.2 Å². The smallest absolute Gasteiger partial charge is 0.0347 e. The summed E-state index contributed by atoms with van der Waals surface area (Å²) in [5.41, 5.74) is 1.40. The van der Waals surface area contributed by atoms with Gasteiger partial charge in [0.05, 0.1) is 0 Å². The van der Waals surface area contributed by atoms with Crippen molar-refractivity contribution < 1.29 is 0 Å². The minimum Gasteiger partial charge on any atom is -0.315 e. The Morgan fingerprint density at radius 1 is 1.31 bits per heavy atom. The van der Waals surface area contributed by atoms with Gasteiger partial charge in [0.15, 0.2) is 0 Å². The lowest BCUT2D eigenvalue weighted by Gasteiger charge is -2.29. The van der Waals surface area contributed by atoms with Crippen LogP contribution in [0.15, 0.2) is 24.5 Å². The first-order valence-electron chi connectivity index (χ1n) is 6.26. The highest BCUT2D eigenvalue weighted by Crippen LogP contribution is 2.23. The van der Waals surface area contributed by atoms with Crippen molar-refractivity contribution in [3.63, 3.8) is 0 Å². The monoisotopic (exact) mass is 219 g/mol. The molecule has 1 atom stereocenters. The molecule has 0 bridgehead atoms. The minimum absolute atomic E-state index is 0.558. The summed E-state index contributed by atoms with van der Waals surface area (Å²) >= 11 is 0. The van der Waals surface area contributed by atoms with E-state index in [2.05, 4.69) is 34.3 Å². The maximum absolute atomic E-state index is 4.09. The van der Waals surface area contributed by atoms with Crippen molar-refractivity contribution in [2.45, 2.75) is 25.8 Å². The van der Waals surface area contributed by atoms with E-state index in [1.165, 1.54) is 24.9 Å². The molecule has 3 heteroatoms. The SMILES string of the molecule is CCC(c1ccncc1)N1CCCNCC1. The van der Waals surface area contributed by atoms with Crippen LogP contribution in [0, 0.1) is 0 Å². The van der Waals surface area contributed by atoms with Gasteiger partial charge in [0.1, 0.15) is 0 Å². The van der Waals surface area contributed by atoms with Crippen LogP contribution in [-0.2, 0) is 0 Å². The Kier molecular flexibility index (Phi) is 4.31. The van der Waals surface area contributed by atoms with E-state index >= 15 is 0 Å². The van der Waals surface area contributed by atoms with E-state index in [0.29, 0.717) is 6.04 Å². The van der Waals surface area contributed by atoms with Gasteiger partial charge < -0.3 is 5.32 Å². The lowest BCUT2D eigenvalue weighted by molar-refractivity contribution is 0.205. The van der Waals surface area contributed by atoms with Gasteiger partial charge in [0.25, 0.3) is 0 Å². The van der Waals surface area contributed by atoms with Gasteiger partial charge in [-0.25, -0.2) is 0 Å². The van der Waals surface area contributed by atoms with Crippen LogP contribution in [0.1, 0.15) is 31.4 Å². The quantitative estimate of drug-likeness (QED) is 0.840. The summed E-state index contributed by atoms with van der Waals surface area (Å²) < 4.78 is 0. The molecular formula is C13H21N3. The zero-order valence-electron chi connectivity index (χ0n) is 10.0. The highest BCUT2D eigenvalue weighted by atomic mass is 15.2. The molecule has 16 heavy (non-hydrogen) atoms. The average molecular weight is 219 g/mol. The van der Waals surface area contributed by atoms with Crippen molar-refractivity contribution in [1.82, 2.24) is 15.2 Å². The zero-order chi connectivity index (χ0) is 11.2. The van der Waals surface area contributed by atoms with Crippen LogP contribution < -0.4 is 5.32 Å². The molecule has 1 saturated heterocycles. The van der Waals surface area contributed by atoms with E-state index < -0.39 is 0 Å². The van der Waals surface area contributed by atoms with E-state index in [4.69, 9.17) is 0 Å². The predicted octanol–water partition coefficient (Wildman–Crippen LogP) is 1.83. The third-order valence-corrected chi connectivity index (χ3v) is 3.29. The predicted molar refractivity (Wildman–Crippen MR) is 66.3 cm³/mol. The van der Waals surface area contributed by atoms with Crippen molar-refractivity contribution >= 4 is 0 Å². The average Bonchev–Trinajstić information content (AvgIpc) is 2.61. The summed E-state index contributed by atoms with van der Waals surface area (Å²) in [5.74, 6) is 0. The zero-order valence-corrected chi connectivity index (χ0v) is 10.0. The molecule has 1 fully saturated rings. The van der Waals surface area contributed by atoms with Crippen molar-refractivity contribution in [3.8, 4) is 0 Å². The highest BCUT2D eigenvalue weighted by molar-refractivity contribution is 5.15. The maximum atomic E-state index is 4.09. The molecule has 1 N–H and O–H groups in total. The summed E-state index contributed by atoms with van der Waals surface area (Å²) in [4.78, 5) is 6.69. The van der Waals surface area contributed by atoms with Gasteiger partial charge in [-0.1, -0.05) is 6.92 Å². The lowest BCUT2D eigenvalue weighted by atomic mass is 10.0. The molecule has 3 nitrogen and oxygen atoms in total. The highest BCUT2D eigenvalue weighted by Gasteiger charge is 2.19. The Morgan fingerprint density at radius 2 is 2.12 bits per heavy atom. The van der Waals surface area contributed by atoms with Crippen molar-refractivity contribution in [1.29, 1.82) is 0 Å². The molecule has 1 unspecified atom stereocenters. The van der Waals surface area contributed by atoms with Gasteiger partial charge >= 0.3 is 0 Å². The number of hydrogen-bond donors (Lipinski definition) is 1. The van der Waals surface area contributed by atoms with Gasteiger partial charge in [0.2, 0.25) is 0 Å². The number of nitrogens with one attached hydrogen (secondary N) is 1. The van der Waals surface area contributed by atoms with Crippen LogP contribution in [0.25, 0.3) is 0 Å². The normalized spacial score (nSPS) is 20.3. The molecule has 0 saturated carbocycles. The first kappa shape index (κ1) is 11.6. The molecule has 88 valence electrons. The number of pyridine rings is 1. The Hall–Kier alpha value is -0.930. The van der Waals surface area contributed by atoms with Gasteiger partial charge in [0, 0.05) is 38.1 Å². The van der Waals surface area contributed by atoms with Gasteiger partial charge in [-0.15, -0.1) is 0 Å². The number of hydrogen-bond acceptors (Lipinski definition) is 3. The Bertz CT molecular complexity index is 291. The van der Waals surface area contributed by atoms with Crippen LogP contribution in [0.5, 0.6) is 0 Å². The van der Waals surface area contributed by atoms with E-state index in [1.54, 1.807) is 0 Å². The maximum Gasteiger partial charge on any atom is 0.0347 e. The van der Waals surface area contributed by atoms with Crippen LogP contribution in [0.4, 0.5) is 0 Å². The molecule has 2 heterocycles. The number of nitrogens with zero attached hydrogens (tertiary/aromatic N) is 2. The van der Waals surface area contributed by atoms with Crippen molar-refractivity contribution in [3.05, 3.63) is 30.1 Å². The summed E-state index contributed by atoms with van der Waals surface area (Å²) in [7, 11) is 0. The Labute approximate surface area is 97.9 Å². The Balaban J connectivity index is 2.09. The summed E-state index contributed by atoms with van der Waals surface area (Å²) in [5, 5.41) is 3.45. The third-order valence-electron chi connectivity index (χ3n) is 3.29. The minimum atomic E-state index is 0.558. The molecule has 0 amide bonds. The van der Waals surface area contributed by atoms with Gasteiger partial charge in [-0.05, 0) is 37.1 Å². The van der Waals surface area contributed by atoms with E-state index in [9.17, 15) is 0 Å². The summed E-state index contributed by atoms with van der Waals surface area (Å²) in [6.07, 6.45) is 6.22. The summed E-state index contributed by atoms with van der Waals surface area (Å²) in [6, 6.07) is 4.85. The van der Waals surface area contributed by atoms with Crippen LogP contribution in [0.2, 0.25) is 0 Å². The van der Waals surface area contributed by atoms with Gasteiger partial charge in [-0.2, -0.15) is 0 Å². The van der Waals surface area contributed by atoms with E-state index in [1.807, 2.05) is 12.4 Å². The molecule has 0 radical (unpaired) electrons. The molecule has 0 aliphatic carbocycles. The molecule has 1 aromatic heterocycles. The molecule has 1 aromatic rings. The number of aromatic nitrogens is 1. The largest absolute Gasteiger partial charge is 0.315 e. The van der Waals surface area contributed by atoms with Crippen molar-refractivity contribution in [2.24, 2.45) is 0 Å². The van der Waals surface area contributed by atoms with Gasteiger partial charge in [-0.3, -0.25) is 9.88 Å². The van der Waals surface area contributed by atoms with E-state index in [0.717, 1.165) is 19.6 Å². The first-order chi connectivity index (χ1) is 7.92. The molecule has 2 rings (SSSR count). The molecule has 1 aliphatic heterocycles. The Morgan fingerprint density at radius 3 is 2.88 bits per heavy atom. The van der Waals surface area contributed by atoms with Crippen LogP contribution >= 0.6 is 0 Å². The molecular weight excluding hydrogens is 198 g/mol. The second kappa shape index (κ2) is 5.97. The van der Waals surface area contributed by atoms with Crippen LogP contribution in [-0.4, -0.2) is 36.1 Å². The fraction of sp³-hybridized carbons (Fsp3) is 0.615. The third kappa shape index (κ3) is 2.80.